The van der Waals surface area contributed by atoms with Gasteiger partial charge in [-0.25, -0.2) is 4.79 Å². The Labute approximate surface area is 90.3 Å². The van der Waals surface area contributed by atoms with Gasteiger partial charge < -0.3 is 14.6 Å². The summed E-state index contributed by atoms with van der Waals surface area (Å²) in [6.45, 7) is 6.30. The van der Waals surface area contributed by atoms with Crippen LogP contribution >= 0.6 is 0 Å². The van der Waals surface area contributed by atoms with Crippen LogP contribution in [0.4, 0.5) is 0 Å². The lowest BCUT2D eigenvalue weighted by molar-refractivity contribution is -0.132. The molecule has 0 spiro atoms. The lowest BCUT2D eigenvalue weighted by atomic mass is 10.3. The maximum atomic E-state index is 10.6. The van der Waals surface area contributed by atoms with Gasteiger partial charge in [-0.3, -0.25) is 4.90 Å². The van der Waals surface area contributed by atoms with E-state index in [0.29, 0.717) is 32.8 Å². The Hall–Kier alpha value is -0.910. The molecule has 5 nitrogen and oxygen atoms in total. The van der Waals surface area contributed by atoms with E-state index in [0.717, 1.165) is 0 Å². The van der Waals surface area contributed by atoms with Crippen molar-refractivity contribution in [3.8, 4) is 0 Å². The van der Waals surface area contributed by atoms with Crippen LogP contribution in [0.5, 0.6) is 0 Å². The number of hydrogen-bond donors (Lipinski definition) is 1. The van der Waals surface area contributed by atoms with E-state index in [1.807, 2.05) is 4.90 Å². The van der Waals surface area contributed by atoms with E-state index in [9.17, 15) is 4.79 Å². The molecule has 0 bridgehead atoms. The second-order valence-electron chi connectivity index (χ2n) is 3.17. The highest BCUT2D eigenvalue weighted by molar-refractivity contribution is 5.86. The second kappa shape index (κ2) is 8.40. The summed E-state index contributed by atoms with van der Waals surface area (Å²) in [5.41, 5.74) is 0.183. The van der Waals surface area contributed by atoms with Crippen molar-refractivity contribution in [1.29, 1.82) is 0 Å². The van der Waals surface area contributed by atoms with Crippen molar-refractivity contribution in [3.05, 3.63) is 12.2 Å². The van der Waals surface area contributed by atoms with Crippen molar-refractivity contribution < 1.29 is 19.4 Å². The molecule has 0 aliphatic rings. The van der Waals surface area contributed by atoms with Crippen LogP contribution in [0.1, 0.15) is 0 Å². The van der Waals surface area contributed by atoms with E-state index in [2.05, 4.69) is 6.58 Å². The minimum absolute atomic E-state index is 0.183. The Morgan fingerprint density at radius 2 is 1.73 bits per heavy atom. The highest BCUT2D eigenvalue weighted by Gasteiger charge is 2.10. The van der Waals surface area contributed by atoms with Gasteiger partial charge in [-0.2, -0.15) is 0 Å². The number of carboxylic acid groups (broad SMARTS) is 1. The first-order valence-corrected chi connectivity index (χ1v) is 4.73. The van der Waals surface area contributed by atoms with Gasteiger partial charge >= 0.3 is 5.97 Å². The molecule has 0 heterocycles. The molecule has 0 aliphatic carbocycles. The number of hydrogen-bond acceptors (Lipinski definition) is 4. The fourth-order valence-corrected chi connectivity index (χ4v) is 1.05. The summed E-state index contributed by atoms with van der Waals surface area (Å²) >= 11 is 0. The summed E-state index contributed by atoms with van der Waals surface area (Å²) in [6.07, 6.45) is 0. The van der Waals surface area contributed by atoms with Crippen LogP contribution in [-0.4, -0.2) is 63.0 Å². The average molecular weight is 217 g/mol. The average Bonchev–Trinajstić information content (AvgIpc) is 2.21. The van der Waals surface area contributed by atoms with Gasteiger partial charge in [-0.05, 0) is 0 Å². The number of carboxylic acids is 1. The number of methoxy groups -OCH3 is 2. The van der Waals surface area contributed by atoms with E-state index >= 15 is 0 Å². The maximum absolute atomic E-state index is 10.6. The number of carbonyl (C=O) groups is 1. The van der Waals surface area contributed by atoms with Crippen molar-refractivity contribution in [3.63, 3.8) is 0 Å². The third kappa shape index (κ3) is 7.07. The molecule has 1 N–H and O–H groups in total. The van der Waals surface area contributed by atoms with Crippen LogP contribution < -0.4 is 0 Å². The summed E-state index contributed by atoms with van der Waals surface area (Å²) in [4.78, 5) is 12.5. The molecular formula is C10H19NO4. The van der Waals surface area contributed by atoms with E-state index in [-0.39, 0.29) is 5.57 Å². The van der Waals surface area contributed by atoms with Gasteiger partial charge in [0.2, 0.25) is 0 Å². The molecule has 0 radical (unpaired) electrons. The SMILES string of the molecule is C=C(CN(CCOC)CCOC)C(=O)O. The Kier molecular flexibility index (Phi) is 7.89. The first-order valence-electron chi connectivity index (χ1n) is 4.73. The zero-order chi connectivity index (χ0) is 11.7. The van der Waals surface area contributed by atoms with Gasteiger partial charge in [-0.15, -0.1) is 0 Å². The quantitative estimate of drug-likeness (QED) is 0.560. The smallest absolute Gasteiger partial charge is 0.332 e. The minimum Gasteiger partial charge on any atom is -0.478 e. The van der Waals surface area contributed by atoms with Gasteiger partial charge in [0.15, 0.2) is 0 Å². The predicted octanol–water partition coefficient (Wildman–Crippen LogP) is 0.222. The van der Waals surface area contributed by atoms with Crippen molar-refractivity contribution in [2.45, 2.75) is 0 Å². The molecule has 15 heavy (non-hydrogen) atoms. The summed E-state index contributed by atoms with van der Waals surface area (Å²) in [7, 11) is 3.22. The van der Waals surface area contributed by atoms with E-state index < -0.39 is 5.97 Å². The highest BCUT2D eigenvalue weighted by Crippen LogP contribution is 1.97. The first kappa shape index (κ1) is 14.1. The summed E-state index contributed by atoms with van der Waals surface area (Å²) in [5, 5.41) is 8.69. The molecule has 0 rings (SSSR count). The summed E-state index contributed by atoms with van der Waals surface area (Å²) in [6, 6.07) is 0. The zero-order valence-electron chi connectivity index (χ0n) is 9.36. The fourth-order valence-electron chi connectivity index (χ4n) is 1.05. The van der Waals surface area contributed by atoms with E-state index in [4.69, 9.17) is 14.6 Å². The standard InChI is InChI=1S/C10H19NO4/c1-9(10(12)13)8-11(4-6-14-2)5-7-15-3/h1,4-8H2,2-3H3,(H,12,13). The number of aliphatic carboxylic acids is 1. The molecule has 0 atom stereocenters. The molecule has 0 amide bonds. The Morgan fingerprint density at radius 3 is 2.07 bits per heavy atom. The Bertz CT molecular complexity index is 198. The van der Waals surface area contributed by atoms with Gasteiger partial charge in [0.05, 0.1) is 13.2 Å². The zero-order valence-corrected chi connectivity index (χ0v) is 9.36. The summed E-state index contributed by atoms with van der Waals surface area (Å²) in [5.74, 6) is -0.963. The van der Waals surface area contributed by atoms with Crippen LogP contribution in [0.25, 0.3) is 0 Å². The van der Waals surface area contributed by atoms with Gasteiger partial charge in [0, 0.05) is 39.4 Å². The van der Waals surface area contributed by atoms with E-state index in [1.165, 1.54) is 0 Å². The number of nitrogens with zero attached hydrogens (tertiary/aromatic N) is 1. The monoisotopic (exact) mass is 217 g/mol. The molecule has 0 aliphatic heterocycles. The molecule has 0 saturated carbocycles. The predicted molar refractivity (Wildman–Crippen MR) is 57.0 cm³/mol. The van der Waals surface area contributed by atoms with Crippen LogP contribution in [0.3, 0.4) is 0 Å². The van der Waals surface area contributed by atoms with Crippen molar-refractivity contribution in [2.24, 2.45) is 0 Å². The molecular weight excluding hydrogens is 198 g/mol. The number of rotatable bonds is 9. The van der Waals surface area contributed by atoms with E-state index in [1.54, 1.807) is 14.2 Å². The molecule has 0 fully saturated rings. The van der Waals surface area contributed by atoms with Gasteiger partial charge in [0.25, 0.3) is 0 Å². The molecule has 0 aromatic rings. The van der Waals surface area contributed by atoms with Gasteiger partial charge in [0.1, 0.15) is 0 Å². The lowest BCUT2D eigenvalue weighted by Gasteiger charge is -2.21. The topological polar surface area (TPSA) is 59.0 Å². The van der Waals surface area contributed by atoms with Crippen molar-refractivity contribution in [2.75, 3.05) is 47.1 Å². The maximum Gasteiger partial charge on any atom is 0.332 e. The van der Waals surface area contributed by atoms with Crippen LogP contribution in [-0.2, 0) is 14.3 Å². The number of ether oxygens (including phenoxy) is 2. The minimum atomic E-state index is -0.963. The molecule has 0 saturated heterocycles. The third-order valence-corrected chi connectivity index (χ3v) is 1.94. The fraction of sp³-hybridized carbons (Fsp3) is 0.700. The molecule has 88 valence electrons. The lowest BCUT2D eigenvalue weighted by Crippen LogP contribution is -2.33. The molecule has 0 aromatic carbocycles. The highest BCUT2D eigenvalue weighted by atomic mass is 16.5. The van der Waals surface area contributed by atoms with Crippen molar-refractivity contribution >= 4 is 5.97 Å². The van der Waals surface area contributed by atoms with Crippen LogP contribution in [0, 0.1) is 0 Å². The summed E-state index contributed by atoms with van der Waals surface area (Å²) < 4.78 is 9.87. The molecule has 5 heteroatoms. The van der Waals surface area contributed by atoms with Gasteiger partial charge in [-0.1, -0.05) is 6.58 Å². The third-order valence-electron chi connectivity index (χ3n) is 1.94. The van der Waals surface area contributed by atoms with Crippen molar-refractivity contribution in [1.82, 2.24) is 4.90 Å². The molecule has 0 unspecified atom stereocenters. The normalized spacial score (nSPS) is 10.6. The van der Waals surface area contributed by atoms with Crippen LogP contribution in [0.15, 0.2) is 12.2 Å². The largest absolute Gasteiger partial charge is 0.478 e. The second-order valence-corrected chi connectivity index (χ2v) is 3.17. The Morgan fingerprint density at radius 1 is 1.27 bits per heavy atom. The first-order chi connectivity index (χ1) is 7.11. The molecule has 0 aromatic heterocycles. The van der Waals surface area contributed by atoms with Crippen LogP contribution in [0.2, 0.25) is 0 Å². The Balaban J connectivity index is 3.98.